The first-order valence-electron chi connectivity index (χ1n) is 3.81. The molecule has 1 heterocycles. The molecule has 2 rings (SSSR count). The van der Waals surface area contributed by atoms with Gasteiger partial charge in [0.05, 0.1) is 6.61 Å². The first-order chi connectivity index (χ1) is 5.79. The van der Waals surface area contributed by atoms with Crippen molar-refractivity contribution in [3.63, 3.8) is 0 Å². The molecule has 0 fully saturated rings. The van der Waals surface area contributed by atoms with Crippen molar-refractivity contribution in [1.29, 1.82) is 0 Å². The molecule has 0 aliphatic carbocycles. The highest BCUT2D eigenvalue weighted by atomic mass is 35.5. The lowest BCUT2D eigenvalue weighted by atomic mass is 10.0. The number of alkyl halides is 1. The number of rotatable bonds is 0. The molecule has 2 nitrogen and oxygen atoms in total. The van der Waals surface area contributed by atoms with Gasteiger partial charge in [-0.2, -0.15) is 0 Å². The molecule has 0 radical (unpaired) electrons. The van der Waals surface area contributed by atoms with Gasteiger partial charge in [0.15, 0.2) is 5.56 Å². The number of halogens is 1. The molecule has 12 heavy (non-hydrogen) atoms. The van der Waals surface area contributed by atoms with Crippen molar-refractivity contribution in [3.8, 4) is 0 Å². The molecule has 0 bridgehead atoms. The van der Waals surface area contributed by atoms with Crippen molar-refractivity contribution in [2.75, 3.05) is 6.61 Å². The molecule has 0 aromatic heterocycles. The summed E-state index contributed by atoms with van der Waals surface area (Å²) < 4.78 is 5.13. The molecule has 3 heteroatoms. The maximum Gasteiger partial charge on any atom is 0.157 e. The van der Waals surface area contributed by atoms with Crippen LogP contribution in [0.5, 0.6) is 0 Å². The molecule has 1 aromatic carbocycles. The van der Waals surface area contributed by atoms with E-state index in [0.29, 0.717) is 0 Å². The van der Waals surface area contributed by atoms with Gasteiger partial charge in [0.1, 0.15) is 6.10 Å². The van der Waals surface area contributed by atoms with Crippen LogP contribution in [0.3, 0.4) is 0 Å². The van der Waals surface area contributed by atoms with Crippen LogP contribution in [0.2, 0.25) is 0 Å². The summed E-state index contributed by atoms with van der Waals surface area (Å²) in [6, 6.07) is 7.51. The predicted octanol–water partition coefficient (Wildman–Crippen LogP) is 1.99. The molecular formula is C9H9ClO2. The Morgan fingerprint density at radius 3 is 2.67 bits per heavy atom. The van der Waals surface area contributed by atoms with Crippen molar-refractivity contribution < 1.29 is 9.84 Å². The fourth-order valence-electron chi connectivity index (χ4n) is 1.38. The molecule has 64 valence electrons. The van der Waals surface area contributed by atoms with E-state index in [9.17, 15) is 5.11 Å². The summed E-state index contributed by atoms with van der Waals surface area (Å²) in [5, 5.41) is 9.50. The third-order valence-electron chi connectivity index (χ3n) is 2.00. The van der Waals surface area contributed by atoms with Crippen molar-refractivity contribution in [1.82, 2.24) is 0 Å². The summed E-state index contributed by atoms with van der Waals surface area (Å²) in [6.45, 7) is 0.283. The SMILES string of the molecule is OC1COC(Cl)c2ccccc21. The number of hydrogen-bond acceptors (Lipinski definition) is 2. The Labute approximate surface area is 75.7 Å². The van der Waals surface area contributed by atoms with Gasteiger partial charge in [-0.05, 0) is 5.56 Å². The number of aliphatic hydroxyl groups is 1. The first-order valence-corrected chi connectivity index (χ1v) is 4.25. The molecule has 0 saturated carbocycles. The van der Waals surface area contributed by atoms with Crippen molar-refractivity contribution in [2.24, 2.45) is 0 Å². The second-order valence-corrected chi connectivity index (χ2v) is 3.19. The van der Waals surface area contributed by atoms with Gasteiger partial charge >= 0.3 is 0 Å². The Balaban J connectivity index is 2.47. The molecular weight excluding hydrogens is 176 g/mol. The minimum absolute atomic E-state index is 0.283. The topological polar surface area (TPSA) is 29.5 Å². The Morgan fingerprint density at radius 1 is 1.33 bits per heavy atom. The van der Waals surface area contributed by atoms with E-state index in [-0.39, 0.29) is 6.61 Å². The van der Waals surface area contributed by atoms with E-state index in [1.54, 1.807) is 0 Å². The summed E-state index contributed by atoms with van der Waals surface area (Å²) in [5.41, 5.74) is 1.34. The molecule has 0 spiro atoms. The highest BCUT2D eigenvalue weighted by molar-refractivity contribution is 6.20. The van der Waals surface area contributed by atoms with Crippen LogP contribution in [0, 0.1) is 0 Å². The van der Waals surface area contributed by atoms with E-state index in [2.05, 4.69) is 0 Å². The molecule has 1 N–H and O–H groups in total. The van der Waals surface area contributed by atoms with Crippen molar-refractivity contribution in [2.45, 2.75) is 11.7 Å². The normalized spacial score (nSPS) is 28.2. The monoisotopic (exact) mass is 184 g/mol. The highest BCUT2D eigenvalue weighted by Crippen LogP contribution is 2.34. The average Bonchev–Trinajstić information content (AvgIpc) is 2.12. The van der Waals surface area contributed by atoms with Crippen LogP contribution in [0.4, 0.5) is 0 Å². The molecule has 0 amide bonds. The van der Waals surface area contributed by atoms with Crippen LogP contribution >= 0.6 is 11.6 Å². The highest BCUT2D eigenvalue weighted by Gasteiger charge is 2.23. The lowest BCUT2D eigenvalue weighted by molar-refractivity contribution is 0.00261. The van der Waals surface area contributed by atoms with Gasteiger partial charge in [-0.3, -0.25) is 0 Å². The third kappa shape index (κ3) is 1.22. The second kappa shape index (κ2) is 3.05. The molecule has 0 saturated heterocycles. The minimum Gasteiger partial charge on any atom is -0.386 e. The molecule has 2 atom stereocenters. The predicted molar refractivity (Wildman–Crippen MR) is 45.9 cm³/mol. The zero-order valence-electron chi connectivity index (χ0n) is 6.40. The Morgan fingerprint density at radius 2 is 2.00 bits per heavy atom. The van der Waals surface area contributed by atoms with Crippen LogP contribution in [0.25, 0.3) is 0 Å². The third-order valence-corrected chi connectivity index (χ3v) is 2.36. The fraction of sp³-hybridized carbons (Fsp3) is 0.333. The van der Waals surface area contributed by atoms with E-state index in [4.69, 9.17) is 16.3 Å². The number of benzene rings is 1. The van der Waals surface area contributed by atoms with Gasteiger partial charge < -0.3 is 9.84 Å². The van der Waals surface area contributed by atoms with Gasteiger partial charge in [-0.25, -0.2) is 0 Å². The van der Waals surface area contributed by atoms with Gasteiger partial charge in [0.2, 0.25) is 0 Å². The van der Waals surface area contributed by atoms with Crippen LogP contribution in [-0.4, -0.2) is 11.7 Å². The van der Waals surface area contributed by atoms with Gasteiger partial charge in [0, 0.05) is 5.56 Å². The standard InChI is InChI=1S/C9H9ClO2/c10-9-7-4-2-1-3-6(7)8(11)5-12-9/h1-4,8-9,11H,5H2. The Hall–Kier alpha value is -0.570. The van der Waals surface area contributed by atoms with E-state index >= 15 is 0 Å². The van der Waals surface area contributed by atoms with Crippen LogP contribution in [0.15, 0.2) is 24.3 Å². The minimum atomic E-state index is -0.531. The Bertz CT molecular complexity index is 259. The summed E-state index contributed by atoms with van der Waals surface area (Å²) in [7, 11) is 0. The molecule has 2 unspecified atom stereocenters. The number of fused-ring (bicyclic) bond motifs is 1. The average molecular weight is 185 g/mol. The number of aliphatic hydroxyl groups excluding tert-OH is 1. The second-order valence-electron chi connectivity index (χ2n) is 2.79. The van der Waals surface area contributed by atoms with Gasteiger partial charge in [-0.1, -0.05) is 35.9 Å². The first kappa shape index (κ1) is 8.05. The summed E-state index contributed by atoms with van der Waals surface area (Å²) in [5.74, 6) is 0. The lowest BCUT2D eigenvalue weighted by Crippen LogP contribution is -2.17. The Kier molecular flexibility index (Phi) is 2.05. The van der Waals surface area contributed by atoms with Crippen molar-refractivity contribution >= 4 is 11.6 Å². The largest absolute Gasteiger partial charge is 0.386 e. The fourth-order valence-corrected chi connectivity index (χ4v) is 1.65. The van der Waals surface area contributed by atoms with Crippen LogP contribution in [0.1, 0.15) is 22.8 Å². The lowest BCUT2D eigenvalue weighted by Gasteiger charge is -2.25. The van der Waals surface area contributed by atoms with Gasteiger partial charge in [0.25, 0.3) is 0 Å². The van der Waals surface area contributed by atoms with Gasteiger partial charge in [-0.15, -0.1) is 0 Å². The van der Waals surface area contributed by atoms with Crippen LogP contribution < -0.4 is 0 Å². The maximum absolute atomic E-state index is 9.50. The maximum atomic E-state index is 9.50. The number of ether oxygens (including phenoxy) is 1. The summed E-state index contributed by atoms with van der Waals surface area (Å²) >= 11 is 5.88. The molecule has 1 aliphatic heterocycles. The molecule has 1 aliphatic rings. The summed E-state index contributed by atoms with van der Waals surface area (Å²) in [4.78, 5) is 0. The number of hydrogen-bond donors (Lipinski definition) is 1. The summed E-state index contributed by atoms with van der Waals surface area (Å²) in [6.07, 6.45) is -0.531. The zero-order chi connectivity index (χ0) is 8.55. The smallest absolute Gasteiger partial charge is 0.157 e. The van der Waals surface area contributed by atoms with E-state index in [1.807, 2.05) is 24.3 Å². The van der Waals surface area contributed by atoms with E-state index in [0.717, 1.165) is 11.1 Å². The van der Waals surface area contributed by atoms with Crippen molar-refractivity contribution in [3.05, 3.63) is 35.4 Å². The molecule has 1 aromatic rings. The zero-order valence-corrected chi connectivity index (χ0v) is 7.16. The quantitative estimate of drug-likeness (QED) is 0.625. The van der Waals surface area contributed by atoms with Crippen LogP contribution in [-0.2, 0) is 4.74 Å². The van der Waals surface area contributed by atoms with E-state index in [1.165, 1.54) is 0 Å². The van der Waals surface area contributed by atoms with E-state index < -0.39 is 11.7 Å².